The maximum Gasteiger partial charge on any atom is 0.250 e. The van der Waals surface area contributed by atoms with Crippen molar-refractivity contribution in [3.63, 3.8) is 0 Å². The van der Waals surface area contributed by atoms with Gasteiger partial charge in [-0.05, 0) is 86.2 Å². The lowest BCUT2D eigenvalue weighted by Crippen LogP contribution is -2.54. The van der Waals surface area contributed by atoms with Crippen molar-refractivity contribution < 1.29 is 29.0 Å². The van der Waals surface area contributed by atoms with E-state index in [0.29, 0.717) is 49.5 Å². The predicted molar refractivity (Wildman–Crippen MR) is 173 cm³/mol. The first-order valence-electron chi connectivity index (χ1n) is 16.2. The van der Waals surface area contributed by atoms with Crippen molar-refractivity contribution in [2.45, 2.75) is 70.1 Å². The summed E-state index contributed by atoms with van der Waals surface area (Å²) in [5, 5.41) is 17.4. The van der Waals surface area contributed by atoms with Gasteiger partial charge in [-0.15, -0.1) is 0 Å². The topological polar surface area (TPSA) is 117 Å². The number of fused-ring (bicyclic) bond motifs is 2. The van der Waals surface area contributed by atoms with Gasteiger partial charge in [0.2, 0.25) is 17.7 Å². The Kier molecular flexibility index (Phi) is 8.59. The number of unbranched alkanes of at least 4 members (excludes halogenated alkanes) is 3. The molecule has 1 spiro atoms. The summed E-state index contributed by atoms with van der Waals surface area (Å²) in [6.07, 6.45) is 3.53. The molecule has 3 unspecified atom stereocenters. The van der Waals surface area contributed by atoms with E-state index in [2.05, 4.69) is 10.6 Å². The van der Waals surface area contributed by atoms with Crippen LogP contribution in [0.25, 0.3) is 10.8 Å². The number of ether oxygens (including phenoxy) is 2. The van der Waals surface area contributed by atoms with Crippen molar-refractivity contribution in [2.75, 3.05) is 30.4 Å². The van der Waals surface area contributed by atoms with Gasteiger partial charge in [0.25, 0.3) is 0 Å². The number of benzene rings is 3. The van der Waals surface area contributed by atoms with Crippen LogP contribution >= 0.6 is 0 Å². The molecule has 238 valence electrons. The van der Waals surface area contributed by atoms with Gasteiger partial charge in [0.05, 0.1) is 24.0 Å². The fourth-order valence-electron chi connectivity index (χ4n) is 7.93. The summed E-state index contributed by atoms with van der Waals surface area (Å²) in [5.41, 5.74) is -0.790. The summed E-state index contributed by atoms with van der Waals surface area (Å²) in [7, 11) is 0. The minimum absolute atomic E-state index is 0.0573. The number of rotatable bonds is 12. The maximum atomic E-state index is 14.4. The molecule has 3 aromatic rings. The molecule has 9 heteroatoms. The predicted octanol–water partition coefficient (Wildman–Crippen LogP) is 5.38. The Labute approximate surface area is 264 Å². The van der Waals surface area contributed by atoms with Crippen LogP contribution in [0.2, 0.25) is 0 Å². The number of carbonyl (C=O) groups is 3. The van der Waals surface area contributed by atoms with Gasteiger partial charge in [-0.3, -0.25) is 14.4 Å². The van der Waals surface area contributed by atoms with Crippen LogP contribution in [0.15, 0.2) is 66.7 Å². The van der Waals surface area contributed by atoms with Crippen LogP contribution in [0.5, 0.6) is 5.75 Å². The quantitative estimate of drug-likeness (QED) is 0.236. The van der Waals surface area contributed by atoms with Gasteiger partial charge in [0, 0.05) is 24.5 Å². The first-order chi connectivity index (χ1) is 21.7. The lowest BCUT2D eigenvalue weighted by atomic mass is 9.62. The van der Waals surface area contributed by atoms with Gasteiger partial charge >= 0.3 is 0 Å². The molecule has 45 heavy (non-hydrogen) atoms. The van der Waals surface area contributed by atoms with Crippen molar-refractivity contribution in [2.24, 2.45) is 17.8 Å². The number of hydrogen-bond acceptors (Lipinski definition) is 6. The standard InChI is InChI=1S/C36H43N3O6/c1-4-44-28-17-15-26(16-18-28)37-32(41)29-30-34(43)39(19-9-5-6-10-20-40)31(36(30)22-23(2)35(29,3)45-36)33(42)38-27-14-13-24-11-7-8-12-25(24)21-27/h7-8,11-18,21,23,29-31,40H,4-6,9-10,19-20,22H2,1-3H3,(H,37,41)(H,38,42)/t23?,29-,30+,31?,35+,36?/m1/s1. The molecule has 6 atom stereocenters. The first-order valence-corrected chi connectivity index (χ1v) is 16.2. The molecule has 9 nitrogen and oxygen atoms in total. The highest BCUT2D eigenvalue weighted by atomic mass is 16.5. The van der Waals surface area contributed by atoms with Crippen molar-refractivity contribution in [1.82, 2.24) is 4.90 Å². The third-order valence-electron chi connectivity index (χ3n) is 10.1. The molecule has 3 saturated heterocycles. The number of hydrogen-bond donors (Lipinski definition) is 3. The maximum absolute atomic E-state index is 14.4. The molecule has 3 N–H and O–H groups in total. The van der Waals surface area contributed by atoms with Crippen molar-refractivity contribution in [3.8, 4) is 5.75 Å². The van der Waals surface area contributed by atoms with Gasteiger partial charge in [0.15, 0.2) is 0 Å². The van der Waals surface area contributed by atoms with E-state index in [1.807, 2.05) is 63.2 Å². The fourth-order valence-corrected chi connectivity index (χ4v) is 7.93. The average Bonchev–Trinajstić information content (AvgIpc) is 3.54. The Morgan fingerprint density at radius 1 is 0.956 bits per heavy atom. The lowest BCUT2D eigenvalue weighted by molar-refractivity contribution is -0.144. The van der Waals surface area contributed by atoms with Crippen molar-refractivity contribution in [3.05, 3.63) is 66.7 Å². The van der Waals surface area contributed by atoms with E-state index in [1.165, 1.54) is 0 Å². The van der Waals surface area contributed by atoms with Gasteiger partial charge in [0.1, 0.15) is 17.4 Å². The molecule has 0 aliphatic carbocycles. The Morgan fingerprint density at radius 3 is 2.38 bits per heavy atom. The number of carbonyl (C=O) groups excluding carboxylic acids is 3. The molecule has 6 rings (SSSR count). The molecule has 0 saturated carbocycles. The second-order valence-corrected chi connectivity index (χ2v) is 12.9. The van der Waals surface area contributed by atoms with E-state index in [1.54, 1.807) is 29.2 Å². The summed E-state index contributed by atoms with van der Waals surface area (Å²) in [4.78, 5) is 44.4. The Bertz CT molecular complexity index is 1580. The summed E-state index contributed by atoms with van der Waals surface area (Å²) >= 11 is 0. The van der Waals surface area contributed by atoms with Crippen LogP contribution < -0.4 is 15.4 Å². The molecule has 0 radical (unpaired) electrons. The molecule has 3 amide bonds. The lowest BCUT2D eigenvalue weighted by Gasteiger charge is -2.36. The van der Waals surface area contributed by atoms with Crippen molar-refractivity contribution >= 4 is 39.9 Å². The largest absolute Gasteiger partial charge is 0.494 e. The fraction of sp³-hybridized carbons (Fsp3) is 0.472. The zero-order chi connectivity index (χ0) is 31.8. The highest BCUT2D eigenvalue weighted by Crippen LogP contribution is 2.65. The van der Waals surface area contributed by atoms with Crippen LogP contribution in [-0.2, 0) is 19.1 Å². The van der Waals surface area contributed by atoms with Gasteiger partial charge in [-0.2, -0.15) is 0 Å². The number of likely N-dealkylation sites (tertiary alicyclic amines) is 1. The van der Waals surface area contributed by atoms with E-state index < -0.39 is 29.1 Å². The smallest absolute Gasteiger partial charge is 0.250 e. The number of nitrogens with one attached hydrogen (secondary N) is 2. The molecule has 3 fully saturated rings. The van der Waals surface area contributed by atoms with E-state index in [4.69, 9.17) is 9.47 Å². The third-order valence-corrected chi connectivity index (χ3v) is 10.1. The summed E-state index contributed by atoms with van der Waals surface area (Å²) in [6.45, 7) is 6.91. The van der Waals surface area contributed by atoms with Gasteiger partial charge < -0.3 is 30.1 Å². The van der Waals surface area contributed by atoms with Crippen LogP contribution in [0.3, 0.4) is 0 Å². The van der Waals surface area contributed by atoms with E-state index in [9.17, 15) is 19.5 Å². The Balaban J connectivity index is 1.31. The van der Waals surface area contributed by atoms with Crippen LogP contribution in [0, 0.1) is 17.8 Å². The van der Waals surface area contributed by atoms with Crippen LogP contribution in [0.4, 0.5) is 11.4 Å². The summed E-state index contributed by atoms with van der Waals surface area (Å²) < 4.78 is 12.4. The normalized spacial score (nSPS) is 28.4. The van der Waals surface area contributed by atoms with E-state index >= 15 is 0 Å². The molecule has 3 heterocycles. The van der Waals surface area contributed by atoms with Crippen LogP contribution in [0.1, 0.15) is 52.9 Å². The van der Waals surface area contributed by atoms with Crippen molar-refractivity contribution in [1.29, 1.82) is 0 Å². The highest BCUT2D eigenvalue weighted by Gasteiger charge is 2.79. The number of anilines is 2. The highest BCUT2D eigenvalue weighted by molar-refractivity contribution is 6.06. The van der Waals surface area contributed by atoms with Gasteiger partial charge in [-0.25, -0.2) is 0 Å². The van der Waals surface area contributed by atoms with E-state index in [0.717, 1.165) is 23.6 Å². The summed E-state index contributed by atoms with van der Waals surface area (Å²) in [5.74, 6) is -1.70. The zero-order valence-electron chi connectivity index (χ0n) is 26.3. The molecule has 3 aliphatic heterocycles. The minimum atomic E-state index is -1.13. The molecular weight excluding hydrogens is 570 g/mol. The zero-order valence-corrected chi connectivity index (χ0v) is 26.3. The number of amides is 3. The molecular formula is C36H43N3O6. The average molecular weight is 614 g/mol. The number of aliphatic hydroxyl groups is 1. The molecule has 3 aliphatic rings. The van der Waals surface area contributed by atoms with Crippen LogP contribution in [-0.4, -0.2) is 64.7 Å². The monoisotopic (exact) mass is 613 g/mol. The molecule has 3 aromatic carbocycles. The Morgan fingerprint density at radius 2 is 1.64 bits per heavy atom. The molecule has 2 bridgehead atoms. The first kappa shape index (κ1) is 31.0. The minimum Gasteiger partial charge on any atom is -0.494 e. The molecule has 0 aromatic heterocycles. The summed E-state index contributed by atoms with van der Waals surface area (Å²) in [6, 6.07) is 20.0. The number of aliphatic hydroxyl groups excluding tert-OH is 1. The second-order valence-electron chi connectivity index (χ2n) is 12.9. The SMILES string of the molecule is CCOc1ccc(NC(=O)[C@H]2[C@H]3C(=O)N(CCCCCCO)C(C(=O)Nc4ccc5ccccc5c4)C34CC(C)[C@]2(C)O4)cc1. The Hall–Kier alpha value is -3.95. The number of nitrogens with zero attached hydrogens (tertiary/aromatic N) is 1. The second kappa shape index (κ2) is 12.4. The third kappa shape index (κ3) is 5.46. The van der Waals surface area contributed by atoms with Gasteiger partial charge in [-0.1, -0.05) is 50.1 Å². The van der Waals surface area contributed by atoms with E-state index in [-0.39, 0.29) is 30.2 Å².